The maximum atomic E-state index is 12.7. The first-order valence-electron chi connectivity index (χ1n) is 15.5. The first-order chi connectivity index (χ1) is 25.9. The molecule has 6 rings (SSSR count). The molecule has 3 N–H and O–H groups in total. The van der Waals surface area contributed by atoms with Crippen LogP contribution in [0.15, 0.2) is 146 Å². The number of hydrogen-bond donors (Lipinski definition) is 3. The second-order valence-corrected chi connectivity index (χ2v) is 13.4. The number of aliphatic hydroxyl groups excluding tert-OH is 1. The van der Waals surface area contributed by atoms with Gasteiger partial charge in [-0.25, -0.2) is 9.80 Å². The van der Waals surface area contributed by atoms with Crippen molar-refractivity contribution in [2.45, 2.75) is 22.1 Å². The van der Waals surface area contributed by atoms with E-state index in [9.17, 15) is 38.1 Å². The van der Waals surface area contributed by atoms with E-state index in [0.717, 1.165) is 17.1 Å². The van der Waals surface area contributed by atoms with Gasteiger partial charge in [-0.05, 0) is 84.9 Å². The van der Waals surface area contributed by atoms with Gasteiger partial charge in [-0.2, -0.15) is 23.7 Å². The average molecular weight is 793 g/mol. The van der Waals surface area contributed by atoms with Gasteiger partial charge in [-0.1, -0.05) is 30.3 Å². The molecular weight excluding hydrogens is 768 g/mol. The van der Waals surface area contributed by atoms with Gasteiger partial charge >= 0.3 is 35.5 Å². The number of carbonyl (C=O) groups is 3. The summed E-state index contributed by atoms with van der Waals surface area (Å²) in [6.07, 6.45) is -1.63. The maximum absolute atomic E-state index is 12.7. The third-order valence-electron chi connectivity index (χ3n) is 7.59. The fourth-order valence-corrected chi connectivity index (χ4v) is 5.81. The number of hydrazone groups is 1. The number of ether oxygens (including phenoxy) is 1. The molecule has 0 spiro atoms. The van der Waals surface area contributed by atoms with E-state index >= 15 is 0 Å². The van der Waals surface area contributed by atoms with E-state index in [2.05, 4.69) is 15.3 Å². The van der Waals surface area contributed by atoms with Crippen LogP contribution in [-0.2, 0) is 24.1 Å². The molecule has 0 saturated carbocycles. The summed E-state index contributed by atoms with van der Waals surface area (Å²) in [6, 6.07) is 27.9. The quantitative estimate of drug-likeness (QED) is 0.0294. The molecule has 0 radical (unpaired) electrons. The van der Waals surface area contributed by atoms with Crippen molar-refractivity contribution in [1.29, 1.82) is 0 Å². The number of aromatic hydroxyl groups is 1. The molecule has 55 heavy (non-hydrogen) atoms. The Kier molecular flexibility index (Phi) is 13.2. The van der Waals surface area contributed by atoms with Crippen LogP contribution in [0.5, 0.6) is 17.2 Å². The summed E-state index contributed by atoms with van der Waals surface area (Å²) in [5, 5.41) is 45.5. The molecule has 0 amide bonds. The summed E-state index contributed by atoms with van der Waals surface area (Å²) in [7, 11) is -4.48. The molecule has 1 heterocycles. The van der Waals surface area contributed by atoms with Crippen LogP contribution < -0.4 is 44.4 Å². The molecule has 19 heteroatoms. The van der Waals surface area contributed by atoms with Crippen LogP contribution >= 0.6 is 12.0 Å². The summed E-state index contributed by atoms with van der Waals surface area (Å²) in [6.45, 7) is 0. The standard InChI is InChI=1S/C36H26N4O12S2.Na/c41-30-20-26(14-19-29(30)33(42)21-4-2-1-3-5-21)50-25-12-6-22(7-13-25)36(46)51-52-53-27-15-8-23(9-16-27)37-38-31-32(35(44)45)39-40(34(31)43)24-10-17-28(18-11-24)54(47,48)49;/h1-20,31,34,41,43H,(H,44,45)(H,47,48,49);/q;+1/p-1. The number of aliphatic hydroxyl groups is 1. The third kappa shape index (κ3) is 10.0. The van der Waals surface area contributed by atoms with Crippen LogP contribution in [0.2, 0.25) is 0 Å². The zero-order valence-electron chi connectivity index (χ0n) is 28.3. The van der Waals surface area contributed by atoms with E-state index in [1.807, 2.05) is 0 Å². The van der Waals surface area contributed by atoms with Gasteiger partial charge in [0, 0.05) is 16.5 Å². The Labute approximate surface area is 338 Å². The number of anilines is 1. The minimum Gasteiger partial charge on any atom is -0.543 e. The first-order valence-corrected chi connectivity index (χ1v) is 17.7. The fraction of sp³-hybridized carbons (Fsp3) is 0.0556. The Balaban J connectivity index is 0.00000580. The van der Waals surface area contributed by atoms with Gasteiger partial charge in [-0.15, -0.1) is 4.33 Å². The summed E-state index contributed by atoms with van der Waals surface area (Å²) in [5.41, 5.74) is 0.440. The summed E-state index contributed by atoms with van der Waals surface area (Å²) in [5.74, 6) is -2.48. The molecule has 0 saturated heterocycles. The molecule has 5 aromatic rings. The number of benzene rings is 5. The van der Waals surface area contributed by atoms with Crippen LogP contribution in [0.1, 0.15) is 26.3 Å². The number of rotatable bonds is 13. The molecule has 1 aliphatic rings. The SMILES string of the molecule is O=C([O-])C1=NN(c2ccc(S(=O)(=O)O)cc2)C(O)C1N=Nc1ccc(SOOC(=O)c2ccc(Oc3ccc(C(=O)c4ccccc4)c(O)c3)cc2)cc1.[Na+]. The van der Waals surface area contributed by atoms with Crippen molar-refractivity contribution in [3.63, 3.8) is 0 Å². The number of hydrogen-bond acceptors (Lipinski definition) is 16. The second kappa shape index (κ2) is 17.8. The monoisotopic (exact) mass is 792 g/mol. The van der Waals surface area contributed by atoms with Crippen LogP contribution in [-0.4, -0.2) is 58.9 Å². The van der Waals surface area contributed by atoms with Gasteiger partial charge in [0.1, 0.15) is 23.0 Å². The molecule has 2 unspecified atom stereocenters. The molecule has 1 aliphatic heterocycles. The zero-order valence-corrected chi connectivity index (χ0v) is 32.0. The number of carboxylic acid groups (broad SMARTS) is 1. The Morgan fingerprint density at radius 1 is 0.836 bits per heavy atom. The smallest absolute Gasteiger partial charge is 0.543 e. The third-order valence-corrected chi connectivity index (χ3v) is 9.06. The number of ketones is 1. The molecule has 274 valence electrons. The minimum atomic E-state index is -4.48. The first kappa shape index (κ1) is 40.7. The van der Waals surface area contributed by atoms with E-state index in [-0.39, 0.29) is 69.3 Å². The molecular formula is C36H25N4NaO12S2. The van der Waals surface area contributed by atoms with Gasteiger partial charge in [0.05, 0.1) is 45.4 Å². The Morgan fingerprint density at radius 2 is 1.49 bits per heavy atom. The van der Waals surface area contributed by atoms with Gasteiger partial charge in [0.15, 0.2) is 18.1 Å². The van der Waals surface area contributed by atoms with E-state index in [1.165, 1.54) is 66.7 Å². The molecule has 16 nitrogen and oxygen atoms in total. The van der Waals surface area contributed by atoms with Gasteiger partial charge < -0.3 is 24.9 Å². The van der Waals surface area contributed by atoms with E-state index < -0.39 is 44.9 Å². The van der Waals surface area contributed by atoms with Crippen LogP contribution in [0, 0.1) is 0 Å². The van der Waals surface area contributed by atoms with Crippen molar-refractivity contribution in [2.24, 2.45) is 15.3 Å². The molecule has 0 fully saturated rings. The summed E-state index contributed by atoms with van der Waals surface area (Å²) >= 11 is 0.716. The van der Waals surface area contributed by atoms with Crippen LogP contribution in [0.25, 0.3) is 0 Å². The topological polar surface area (TPSA) is 237 Å². The second-order valence-electron chi connectivity index (χ2n) is 11.2. The predicted octanol–water partition coefficient (Wildman–Crippen LogP) is 1.86. The fourth-order valence-electron chi connectivity index (χ4n) is 4.91. The van der Waals surface area contributed by atoms with E-state index in [4.69, 9.17) is 18.5 Å². The summed E-state index contributed by atoms with van der Waals surface area (Å²) in [4.78, 5) is 41.8. The largest absolute Gasteiger partial charge is 1.00 e. The molecule has 5 aromatic carbocycles. The van der Waals surface area contributed by atoms with Gasteiger partial charge in [-0.3, -0.25) is 14.2 Å². The Hall–Kier alpha value is -5.44. The molecule has 0 aliphatic carbocycles. The van der Waals surface area contributed by atoms with E-state index in [0.29, 0.717) is 28.3 Å². The van der Waals surface area contributed by atoms with Crippen molar-refractivity contribution < 1.29 is 86.2 Å². The number of carbonyl (C=O) groups excluding carboxylic acids is 3. The van der Waals surface area contributed by atoms with Crippen molar-refractivity contribution >= 4 is 57.0 Å². The Morgan fingerprint density at radius 3 is 2.11 bits per heavy atom. The molecule has 0 aromatic heterocycles. The number of aliphatic carboxylic acids is 1. The number of carboxylic acids is 1. The number of azo groups is 1. The van der Waals surface area contributed by atoms with Crippen LogP contribution in [0.4, 0.5) is 11.4 Å². The van der Waals surface area contributed by atoms with Gasteiger partial charge in [0.2, 0.25) is 0 Å². The number of nitrogens with zero attached hydrogens (tertiary/aromatic N) is 4. The maximum Gasteiger partial charge on any atom is 1.00 e. The normalized spacial score (nSPS) is 15.2. The van der Waals surface area contributed by atoms with Crippen molar-refractivity contribution in [2.75, 3.05) is 5.01 Å². The summed E-state index contributed by atoms with van der Waals surface area (Å²) < 4.78 is 42.5. The van der Waals surface area contributed by atoms with Crippen LogP contribution in [0.3, 0.4) is 0 Å². The Bertz CT molecular complexity index is 2360. The van der Waals surface area contributed by atoms with Gasteiger partial charge in [0.25, 0.3) is 10.1 Å². The van der Waals surface area contributed by atoms with Crippen molar-refractivity contribution in [1.82, 2.24) is 0 Å². The average Bonchev–Trinajstić information content (AvgIpc) is 3.50. The molecule has 2 atom stereocenters. The number of phenolic OH excluding ortho intramolecular Hbond substituents is 1. The van der Waals surface area contributed by atoms with Crippen molar-refractivity contribution in [3.8, 4) is 17.2 Å². The van der Waals surface area contributed by atoms with E-state index in [1.54, 1.807) is 42.5 Å². The predicted molar refractivity (Wildman–Crippen MR) is 189 cm³/mol. The molecule has 0 bridgehead atoms. The zero-order chi connectivity index (χ0) is 38.4. The minimum absolute atomic E-state index is 0. The number of phenols is 1. The van der Waals surface area contributed by atoms with Crippen molar-refractivity contribution in [3.05, 3.63) is 138 Å².